The van der Waals surface area contributed by atoms with Gasteiger partial charge in [0.2, 0.25) is 5.95 Å². The number of nitrogens with two attached hydrogens (primary N) is 1. The molecule has 6 heteroatoms. The van der Waals surface area contributed by atoms with E-state index in [0.29, 0.717) is 5.95 Å². The number of fused-ring (bicyclic) bond motifs is 1. The third kappa shape index (κ3) is 1.83. The Morgan fingerprint density at radius 3 is 2.75 bits per heavy atom. The molecule has 0 radical (unpaired) electrons. The molecule has 104 valence electrons. The van der Waals surface area contributed by atoms with E-state index in [9.17, 15) is 0 Å². The van der Waals surface area contributed by atoms with Crippen molar-refractivity contribution in [1.29, 1.82) is 0 Å². The zero-order valence-electron chi connectivity index (χ0n) is 11.7. The second kappa shape index (κ2) is 4.63. The van der Waals surface area contributed by atoms with Gasteiger partial charge in [0, 0.05) is 11.5 Å². The fourth-order valence-electron chi connectivity index (χ4n) is 2.41. The van der Waals surface area contributed by atoms with E-state index in [0.717, 1.165) is 33.4 Å². The van der Waals surface area contributed by atoms with Crippen LogP contribution in [0.1, 0.15) is 18.2 Å². The Morgan fingerprint density at radius 2 is 2.10 bits per heavy atom. The first-order chi connectivity index (χ1) is 9.52. The van der Waals surface area contributed by atoms with Gasteiger partial charge in [-0.2, -0.15) is 5.10 Å². The smallest absolute Gasteiger partial charge is 0.207 e. The van der Waals surface area contributed by atoms with Crippen LogP contribution in [0.5, 0.6) is 0 Å². The van der Waals surface area contributed by atoms with E-state index in [2.05, 4.69) is 45.9 Å². The van der Waals surface area contributed by atoms with Crippen LogP contribution in [0.15, 0.2) is 22.7 Å². The van der Waals surface area contributed by atoms with Gasteiger partial charge in [0.25, 0.3) is 0 Å². The Bertz CT molecular complexity index is 800. The zero-order chi connectivity index (χ0) is 14.4. The number of nitrogens with zero attached hydrogens (tertiary/aromatic N) is 4. The second-order valence-corrected chi connectivity index (χ2v) is 5.69. The van der Waals surface area contributed by atoms with Crippen molar-refractivity contribution in [2.24, 2.45) is 7.05 Å². The lowest BCUT2D eigenvalue weighted by Crippen LogP contribution is -2.05. The first-order valence-corrected chi connectivity index (χ1v) is 7.28. The molecule has 0 atom stereocenters. The van der Waals surface area contributed by atoms with E-state index in [-0.39, 0.29) is 0 Å². The molecule has 5 nitrogen and oxygen atoms in total. The fourth-order valence-corrected chi connectivity index (χ4v) is 2.78. The summed E-state index contributed by atoms with van der Waals surface area (Å²) in [5, 5.41) is 4.50. The van der Waals surface area contributed by atoms with Gasteiger partial charge in [-0.05, 0) is 31.0 Å². The van der Waals surface area contributed by atoms with E-state index >= 15 is 0 Å². The second-order valence-electron chi connectivity index (χ2n) is 4.83. The molecule has 0 aliphatic rings. The number of benzene rings is 1. The van der Waals surface area contributed by atoms with Gasteiger partial charge < -0.3 is 5.73 Å². The molecule has 3 rings (SSSR count). The number of hydrogen-bond acceptors (Lipinski definition) is 3. The molecule has 3 aromatic rings. The Labute approximate surface area is 125 Å². The van der Waals surface area contributed by atoms with Gasteiger partial charge >= 0.3 is 0 Å². The monoisotopic (exact) mass is 333 g/mol. The number of anilines is 1. The van der Waals surface area contributed by atoms with E-state index in [1.165, 1.54) is 5.56 Å². The topological polar surface area (TPSA) is 61.7 Å². The van der Waals surface area contributed by atoms with Crippen molar-refractivity contribution < 1.29 is 0 Å². The van der Waals surface area contributed by atoms with Gasteiger partial charge in [0.1, 0.15) is 5.52 Å². The molecular formula is C14H16BrN5. The molecule has 0 aliphatic carbocycles. The van der Waals surface area contributed by atoms with Gasteiger partial charge in [-0.25, -0.2) is 9.67 Å². The SMILES string of the molecule is CCc1nn(C)c2c1nc(N)n2-c1ccc(C)c(Br)c1. The van der Waals surface area contributed by atoms with E-state index in [1.54, 1.807) is 0 Å². The normalized spacial score (nSPS) is 11.4. The van der Waals surface area contributed by atoms with Crippen LogP contribution in [0.3, 0.4) is 0 Å². The maximum atomic E-state index is 6.11. The standard InChI is InChI=1S/C14H16BrN5/c1-4-11-12-13(19(3)18-11)20(14(16)17-12)9-6-5-8(2)10(15)7-9/h5-7H,4H2,1-3H3,(H2,16,17). The van der Waals surface area contributed by atoms with E-state index in [1.807, 2.05) is 28.4 Å². The number of aromatic nitrogens is 4. The van der Waals surface area contributed by atoms with Crippen molar-refractivity contribution in [1.82, 2.24) is 19.3 Å². The van der Waals surface area contributed by atoms with Crippen LogP contribution in [0.4, 0.5) is 5.95 Å². The predicted octanol–water partition coefficient (Wildman–Crippen LogP) is 2.97. The Morgan fingerprint density at radius 1 is 1.35 bits per heavy atom. The molecule has 0 saturated heterocycles. The lowest BCUT2D eigenvalue weighted by molar-refractivity contribution is 0.751. The van der Waals surface area contributed by atoms with Crippen LogP contribution < -0.4 is 5.73 Å². The molecule has 2 aromatic heterocycles. The van der Waals surface area contributed by atoms with Crippen LogP contribution in [0.2, 0.25) is 0 Å². The summed E-state index contributed by atoms with van der Waals surface area (Å²) in [6.45, 7) is 4.12. The van der Waals surface area contributed by atoms with Crippen LogP contribution in [-0.2, 0) is 13.5 Å². The molecule has 0 fully saturated rings. The van der Waals surface area contributed by atoms with Crippen LogP contribution >= 0.6 is 15.9 Å². The summed E-state index contributed by atoms with van der Waals surface area (Å²) in [4.78, 5) is 4.48. The summed E-state index contributed by atoms with van der Waals surface area (Å²) in [6, 6.07) is 6.14. The molecule has 2 heterocycles. The highest BCUT2D eigenvalue weighted by Crippen LogP contribution is 2.27. The highest BCUT2D eigenvalue weighted by atomic mass is 79.9. The van der Waals surface area contributed by atoms with Crippen molar-refractivity contribution >= 4 is 33.0 Å². The maximum Gasteiger partial charge on any atom is 0.207 e. The lowest BCUT2D eigenvalue weighted by Gasteiger charge is -2.08. The van der Waals surface area contributed by atoms with Crippen molar-refractivity contribution in [3.8, 4) is 5.69 Å². The first kappa shape index (κ1) is 13.2. The summed E-state index contributed by atoms with van der Waals surface area (Å²) in [5.74, 6) is 0.485. The molecule has 0 spiro atoms. The van der Waals surface area contributed by atoms with Crippen molar-refractivity contribution in [3.05, 3.63) is 33.9 Å². The Balaban J connectivity index is 2.32. The van der Waals surface area contributed by atoms with Gasteiger partial charge in [0.15, 0.2) is 5.65 Å². The average molecular weight is 334 g/mol. The third-order valence-electron chi connectivity index (χ3n) is 3.48. The van der Waals surface area contributed by atoms with Gasteiger partial charge in [-0.3, -0.25) is 4.57 Å². The average Bonchev–Trinajstić information content (AvgIpc) is 2.90. The summed E-state index contributed by atoms with van der Waals surface area (Å²) in [6.07, 6.45) is 0.839. The highest BCUT2D eigenvalue weighted by Gasteiger charge is 2.18. The van der Waals surface area contributed by atoms with Gasteiger partial charge in [0.05, 0.1) is 11.4 Å². The minimum atomic E-state index is 0.485. The maximum absolute atomic E-state index is 6.11. The minimum absolute atomic E-state index is 0.485. The number of imidazole rings is 1. The number of hydrogen-bond donors (Lipinski definition) is 1. The Hall–Kier alpha value is -1.82. The first-order valence-electron chi connectivity index (χ1n) is 6.49. The molecule has 20 heavy (non-hydrogen) atoms. The van der Waals surface area contributed by atoms with Crippen LogP contribution in [0, 0.1) is 6.92 Å². The zero-order valence-corrected chi connectivity index (χ0v) is 13.3. The van der Waals surface area contributed by atoms with Gasteiger partial charge in [-0.15, -0.1) is 0 Å². The number of halogens is 1. The molecule has 2 N–H and O–H groups in total. The number of rotatable bonds is 2. The quantitative estimate of drug-likeness (QED) is 0.784. The molecular weight excluding hydrogens is 318 g/mol. The van der Waals surface area contributed by atoms with Crippen molar-refractivity contribution in [2.45, 2.75) is 20.3 Å². The minimum Gasteiger partial charge on any atom is -0.369 e. The lowest BCUT2D eigenvalue weighted by atomic mass is 10.2. The predicted molar refractivity (Wildman–Crippen MR) is 84.1 cm³/mol. The molecule has 0 bridgehead atoms. The number of nitrogen functional groups attached to an aromatic ring is 1. The van der Waals surface area contributed by atoms with Crippen molar-refractivity contribution in [2.75, 3.05) is 5.73 Å². The van der Waals surface area contributed by atoms with Crippen LogP contribution in [0.25, 0.3) is 16.9 Å². The molecule has 0 saturated carbocycles. The van der Waals surface area contributed by atoms with E-state index in [4.69, 9.17) is 5.73 Å². The van der Waals surface area contributed by atoms with Crippen LogP contribution in [-0.4, -0.2) is 19.3 Å². The summed E-state index contributed by atoms with van der Waals surface area (Å²) in [7, 11) is 1.92. The van der Waals surface area contributed by atoms with Gasteiger partial charge in [-0.1, -0.05) is 28.9 Å². The highest BCUT2D eigenvalue weighted by molar-refractivity contribution is 9.10. The summed E-state index contributed by atoms with van der Waals surface area (Å²) < 4.78 is 4.82. The van der Waals surface area contributed by atoms with Crippen molar-refractivity contribution in [3.63, 3.8) is 0 Å². The molecule has 0 unspecified atom stereocenters. The largest absolute Gasteiger partial charge is 0.369 e. The third-order valence-corrected chi connectivity index (χ3v) is 4.33. The summed E-state index contributed by atoms with van der Waals surface area (Å²) in [5.41, 5.74) is 11.0. The summed E-state index contributed by atoms with van der Waals surface area (Å²) >= 11 is 3.56. The Kier molecular flexibility index (Phi) is 3.05. The molecule has 0 amide bonds. The molecule has 1 aromatic carbocycles. The molecule has 0 aliphatic heterocycles. The fraction of sp³-hybridized carbons (Fsp3) is 0.286. The number of aryl methyl sites for hydroxylation is 3. The van der Waals surface area contributed by atoms with E-state index < -0.39 is 0 Å².